The first-order valence-electron chi connectivity index (χ1n) is 15.9. The second kappa shape index (κ2) is 15.5. The smallest absolute Gasteiger partial charge is 0.368 e. The molecule has 0 radical (unpaired) electrons. The molecule has 252 valence electrons. The molecule has 13 heteroatoms. The topological polar surface area (TPSA) is 92.4 Å². The zero-order valence-electron chi connectivity index (χ0n) is 26.7. The van der Waals surface area contributed by atoms with Gasteiger partial charge in [0.05, 0.1) is 18.5 Å². The highest BCUT2D eigenvalue weighted by Gasteiger charge is 2.44. The molecule has 5 unspecified atom stereocenters. The van der Waals surface area contributed by atoms with Crippen LogP contribution in [0, 0.1) is 25.7 Å². The van der Waals surface area contributed by atoms with Crippen LogP contribution in [-0.4, -0.2) is 87.9 Å². The van der Waals surface area contributed by atoms with E-state index in [4.69, 9.17) is 9.47 Å². The van der Waals surface area contributed by atoms with Gasteiger partial charge in [0.2, 0.25) is 10.0 Å². The summed E-state index contributed by atoms with van der Waals surface area (Å²) in [5.41, 5.74) is 3.34. The second-order valence-electron chi connectivity index (χ2n) is 13.1. The third kappa shape index (κ3) is 9.37. The van der Waals surface area contributed by atoms with Crippen molar-refractivity contribution in [1.82, 2.24) is 19.8 Å². The number of fused-ring (bicyclic) bond motifs is 4. The van der Waals surface area contributed by atoms with Crippen molar-refractivity contribution >= 4 is 10.0 Å². The van der Waals surface area contributed by atoms with Gasteiger partial charge in [0.25, 0.3) is 0 Å². The lowest BCUT2D eigenvalue weighted by atomic mass is 9.87. The van der Waals surface area contributed by atoms with E-state index in [9.17, 15) is 21.6 Å². The van der Waals surface area contributed by atoms with E-state index in [1.807, 2.05) is 6.07 Å². The molecule has 2 aliphatic heterocycles. The normalized spacial score (nSPS) is 30.8. The van der Waals surface area contributed by atoms with Gasteiger partial charge in [0.1, 0.15) is 19.2 Å². The summed E-state index contributed by atoms with van der Waals surface area (Å²) in [6, 6.07) is 5.92. The number of nitrogens with zero attached hydrogens (tertiary/aromatic N) is 2. The summed E-state index contributed by atoms with van der Waals surface area (Å²) in [7, 11) is -2.30. The van der Waals surface area contributed by atoms with Crippen LogP contribution < -0.4 is 10.6 Å². The fourth-order valence-corrected chi connectivity index (χ4v) is 9.25. The van der Waals surface area contributed by atoms with Crippen molar-refractivity contribution in [2.75, 3.05) is 40.1 Å². The third-order valence-electron chi connectivity index (χ3n) is 9.17. The lowest BCUT2D eigenvalue weighted by Gasteiger charge is -2.43. The van der Waals surface area contributed by atoms with Gasteiger partial charge in [-0.1, -0.05) is 38.5 Å². The van der Waals surface area contributed by atoms with Gasteiger partial charge < -0.3 is 9.47 Å². The van der Waals surface area contributed by atoms with Crippen LogP contribution in [0.5, 0.6) is 0 Å². The number of alkyl halides is 3. The van der Waals surface area contributed by atoms with E-state index in [1.165, 1.54) is 11.4 Å². The molecule has 2 N–H and O–H groups in total. The minimum atomic E-state index is -4.66. The lowest BCUT2D eigenvalue weighted by Crippen LogP contribution is -2.65. The van der Waals surface area contributed by atoms with E-state index >= 15 is 0 Å². The van der Waals surface area contributed by atoms with Crippen LogP contribution in [0.25, 0.3) is 0 Å². The van der Waals surface area contributed by atoms with E-state index in [0.717, 1.165) is 36.0 Å². The maximum absolute atomic E-state index is 14.3. The van der Waals surface area contributed by atoms with Gasteiger partial charge in [0, 0.05) is 38.7 Å². The van der Waals surface area contributed by atoms with Gasteiger partial charge in [-0.3, -0.25) is 20.3 Å². The number of benzene rings is 1. The Morgan fingerprint density at radius 1 is 1.11 bits per heavy atom. The zero-order valence-corrected chi connectivity index (χ0v) is 27.6. The molecule has 0 spiro atoms. The second-order valence-corrected chi connectivity index (χ2v) is 15.2. The van der Waals surface area contributed by atoms with Crippen LogP contribution in [0.2, 0.25) is 0 Å². The molecule has 2 saturated heterocycles. The van der Waals surface area contributed by atoms with Crippen molar-refractivity contribution in [3.8, 4) is 0 Å². The maximum Gasteiger partial charge on any atom is 0.522 e. The number of halogens is 3. The van der Waals surface area contributed by atoms with Gasteiger partial charge in [-0.25, -0.2) is 8.42 Å². The highest BCUT2D eigenvalue weighted by Crippen LogP contribution is 2.35. The Morgan fingerprint density at radius 3 is 2.50 bits per heavy atom. The van der Waals surface area contributed by atoms with E-state index in [-0.39, 0.29) is 31.2 Å². The van der Waals surface area contributed by atoms with Crippen molar-refractivity contribution in [3.63, 3.8) is 0 Å². The van der Waals surface area contributed by atoms with E-state index in [2.05, 4.69) is 60.1 Å². The number of ether oxygens (including phenoxy) is 3. The fraction of sp³-hybridized carbons (Fsp3) is 0.806. The molecule has 4 bridgehead atoms. The summed E-state index contributed by atoms with van der Waals surface area (Å²) < 4.78 is 84.3. The summed E-state index contributed by atoms with van der Waals surface area (Å²) >= 11 is 0. The number of sulfonamides is 1. The number of hydrogen-bond donors (Lipinski definition) is 2. The molecule has 3 fully saturated rings. The molecular formula is C31H51F3N4O5S. The zero-order chi connectivity index (χ0) is 32.1. The molecule has 44 heavy (non-hydrogen) atoms. The van der Waals surface area contributed by atoms with Crippen LogP contribution in [-0.2, 0) is 24.2 Å². The Bertz CT molecular complexity index is 1150. The molecule has 4 rings (SSSR count). The first-order valence-corrected chi connectivity index (χ1v) is 17.4. The van der Waals surface area contributed by atoms with Crippen LogP contribution in [0.3, 0.4) is 0 Å². The fourth-order valence-electron chi connectivity index (χ4n) is 7.22. The van der Waals surface area contributed by atoms with Crippen molar-refractivity contribution in [3.05, 3.63) is 34.9 Å². The molecule has 2 heterocycles. The van der Waals surface area contributed by atoms with Gasteiger partial charge in [0.15, 0.2) is 0 Å². The van der Waals surface area contributed by atoms with E-state index in [1.54, 1.807) is 0 Å². The average Bonchev–Trinajstić information content (AvgIpc) is 2.94. The predicted octanol–water partition coefficient (Wildman–Crippen LogP) is 5.01. The molecule has 0 amide bonds. The SMILES string of the molecule is COCN1C2NC(CC(c3c(C)cccc3C)N2)OC[C@@H](CC(C)C)N(CCCOC(F)(F)F)CC2CCCC(C2)S1(=O)=O. The molecular weight excluding hydrogens is 597 g/mol. The minimum absolute atomic E-state index is 0.0394. The molecule has 3 aliphatic rings. The van der Waals surface area contributed by atoms with Crippen molar-refractivity contribution in [2.24, 2.45) is 11.8 Å². The molecule has 1 aromatic carbocycles. The lowest BCUT2D eigenvalue weighted by molar-refractivity contribution is -0.324. The summed E-state index contributed by atoms with van der Waals surface area (Å²) in [6.45, 7) is 9.24. The molecule has 1 aromatic rings. The van der Waals surface area contributed by atoms with Gasteiger partial charge in [-0.15, -0.1) is 17.5 Å². The van der Waals surface area contributed by atoms with Gasteiger partial charge in [-0.2, -0.15) is 0 Å². The molecule has 9 nitrogen and oxygen atoms in total. The first kappa shape index (κ1) is 35.5. The first-order chi connectivity index (χ1) is 20.8. The van der Waals surface area contributed by atoms with Crippen LogP contribution in [0.4, 0.5) is 13.2 Å². The quantitative estimate of drug-likeness (QED) is 0.362. The molecule has 6 atom stereocenters. The number of rotatable bonds is 9. The standard InChI is InChI=1S/C31H51F3N4O5S/c1-21(2)15-25-19-42-28-17-27(29-22(3)9-6-10-23(29)4)35-30(36-28)38(20-41-5)44(39,40)26-12-7-11-24(16-26)18-37(25)13-8-14-43-31(32,33)34/h6,9-10,21,24-28,30,35-36H,7-8,11-20H2,1-5H3/t24?,25-,26?,27?,28?,30?/m1/s1. The maximum atomic E-state index is 14.3. The number of hydrogen-bond acceptors (Lipinski definition) is 8. The Balaban J connectivity index is 1.69. The highest BCUT2D eigenvalue weighted by atomic mass is 32.2. The van der Waals surface area contributed by atoms with Crippen molar-refractivity contribution < 1.29 is 35.8 Å². The Labute approximate surface area is 261 Å². The van der Waals surface area contributed by atoms with E-state index in [0.29, 0.717) is 44.9 Å². The average molecular weight is 649 g/mol. The van der Waals surface area contributed by atoms with Gasteiger partial charge >= 0.3 is 6.36 Å². The number of methoxy groups -OCH3 is 1. The molecule has 1 aliphatic carbocycles. The summed E-state index contributed by atoms with van der Waals surface area (Å²) in [4.78, 5) is 2.23. The van der Waals surface area contributed by atoms with Crippen LogP contribution in [0.15, 0.2) is 18.2 Å². The minimum Gasteiger partial charge on any atom is -0.368 e. The summed E-state index contributed by atoms with van der Waals surface area (Å²) in [6.07, 6.45) is -1.60. The molecule has 1 saturated carbocycles. The van der Waals surface area contributed by atoms with Gasteiger partial charge in [-0.05, 0) is 74.5 Å². The summed E-state index contributed by atoms with van der Waals surface area (Å²) in [5.74, 6) is 0.426. The van der Waals surface area contributed by atoms with E-state index < -0.39 is 40.8 Å². The Kier molecular flexibility index (Phi) is 12.5. The summed E-state index contributed by atoms with van der Waals surface area (Å²) in [5, 5.41) is 6.41. The third-order valence-corrected chi connectivity index (χ3v) is 11.4. The molecule has 0 aromatic heterocycles. The van der Waals surface area contributed by atoms with Crippen molar-refractivity contribution in [2.45, 2.75) is 109 Å². The van der Waals surface area contributed by atoms with Crippen molar-refractivity contribution in [1.29, 1.82) is 0 Å². The number of aryl methyl sites for hydroxylation is 2. The Morgan fingerprint density at radius 2 is 1.84 bits per heavy atom. The van der Waals surface area contributed by atoms with Crippen LogP contribution in [0.1, 0.15) is 81.5 Å². The number of nitrogens with one attached hydrogen (secondary N) is 2. The monoisotopic (exact) mass is 648 g/mol. The largest absolute Gasteiger partial charge is 0.522 e. The van der Waals surface area contributed by atoms with Crippen LogP contribution >= 0.6 is 0 Å². The highest BCUT2D eigenvalue weighted by molar-refractivity contribution is 7.89. The predicted molar refractivity (Wildman–Crippen MR) is 163 cm³/mol. The Hall–Kier alpha value is -1.32.